The molecule has 0 spiro atoms. The first-order valence-electron chi connectivity index (χ1n) is 10.8. The van der Waals surface area contributed by atoms with Gasteiger partial charge in [-0.1, -0.05) is 78.9 Å². The molecule has 4 rings (SSSR count). The Kier molecular flexibility index (Phi) is 6.72. The monoisotopic (exact) mass is 446 g/mol. The molecule has 2 unspecified atom stereocenters. The highest BCUT2D eigenvalue weighted by Gasteiger charge is 2.31. The molecule has 7 heteroatoms. The number of nitrogens with zero attached hydrogens (tertiary/aromatic N) is 1. The van der Waals surface area contributed by atoms with Gasteiger partial charge in [-0.3, -0.25) is 0 Å². The van der Waals surface area contributed by atoms with Gasteiger partial charge < -0.3 is 14.6 Å². The van der Waals surface area contributed by atoms with Gasteiger partial charge in [-0.2, -0.15) is 0 Å². The van der Waals surface area contributed by atoms with Crippen molar-refractivity contribution >= 4 is 12.2 Å². The summed E-state index contributed by atoms with van der Waals surface area (Å²) in [4.78, 5) is 24.7. The van der Waals surface area contributed by atoms with E-state index in [9.17, 15) is 14.7 Å². The molecular formula is C26H26N2O5. The second-order valence-electron chi connectivity index (χ2n) is 8.06. The van der Waals surface area contributed by atoms with Crippen LogP contribution in [-0.4, -0.2) is 41.1 Å². The van der Waals surface area contributed by atoms with Crippen molar-refractivity contribution in [2.24, 2.45) is 5.84 Å². The SMILES string of the molecule is CC(O)C(Cc1ccccc1)N(N)C(=O)OC(=O)OCC1c2ccccc2-c2ccccc21. The lowest BCUT2D eigenvalue weighted by molar-refractivity contribution is 0.0298. The molecule has 0 heterocycles. The highest BCUT2D eigenvalue weighted by atomic mass is 16.7. The van der Waals surface area contributed by atoms with Gasteiger partial charge in [0.25, 0.3) is 0 Å². The zero-order valence-corrected chi connectivity index (χ0v) is 18.3. The van der Waals surface area contributed by atoms with Gasteiger partial charge in [0.15, 0.2) is 0 Å². The first-order chi connectivity index (χ1) is 16.0. The van der Waals surface area contributed by atoms with Crippen LogP contribution in [0.2, 0.25) is 0 Å². The molecule has 0 radical (unpaired) electrons. The van der Waals surface area contributed by atoms with E-state index in [1.807, 2.05) is 78.9 Å². The molecule has 1 amide bonds. The van der Waals surface area contributed by atoms with E-state index in [-0.39, 0.29) is 12.5 Å². The van der Waals surface area contributed by atoms with Crippen molar-refractivity contribution in [3.63, 3.8) is 0 Å². The summed E-state index contributed by atoms with van der Waals surface area (Å²) < 4.78 is 10.1. The number of nitrogens with two attached hydrogens (primary N) is 1. The Hall–Kier alpha value is -3.68. The van der Waals surface area contributed by atoms with Crippen LogP contribution in [0.5, 0.6) is 0 Å². The molecule has 1 aliphatic carbocycles. The predicted octanol–water partition coefficient (Wildman–Crippen LogP) is 4.24. The van der Waals surface area contributed by atoms with Crippen molar-refractivity contribution in [3.8, 4) is 11.1 Å². The summed E-state index contributed by atoms with van der Waals surface area (Å²) in [6.45, 7) is 1.54. The van der Waals surface area contributed by atoms with Crippen LogP contribution in [0, 0.1) is 0 Å². The van der Waals surface area contributed by atoms with Crippen molar-refractivity contribution in [3.05, 3.63) is 95.6 Å². The summed E-state index contributed by atoms with van der Waals surface area (Å²) in [5, 5.41) is 10.8. The summed E-state index contributed by atoms with van der Waals surface area (Å²) in [6.07, 6.45) is -2.87. The first-order valence-corrected chi connectivity index (χ1v) is 10.8. The van der Waals surface area contributed by atoms with Gasteiger partial charge in [0.05, 0.1) is 12.1 Å². The van der Waals surface area contributed by atoms with Gasteiger partial charge in [-0.05, 0) is 41.2 Å². The Labute approximate surface area is 192 Å². The molecule has 0 aliphatic heterocycles. The summed E-state index contributed by atoms with van der Waals surface area (Å²) in [7, 11) is 0. The number of carbonyl (C=O) groups is 2. The van der Waals surface area contributed by atoms with Crippen LogP contribution in [0.4, 0.5) is 9.59 Å². The zero-order valence-electron chi connectivity index (χ0n) is 18.3. The van der Waals surface area contributed by atoms with Gasteiger partial charge in [0.1, 0.15) is 6.61 Å². The standard InChI is InChI=1S/C26H26N2O5/c1-17(29)24(15-18-9-3-2-4-10-18)28(27)25(30)33-26(31)32-16-23-21-13-7-5-11-19(21)20-12-6-8-14-22(20)23/h2-14,17,23-24,29H,15-16,27H2,1H3. The lowest BCUT2D eigenvalue weighted by Crippen LogP contribution is -2.52. The van der Waals surface area contributed by atoms with Crippen LogP contribution in [-0.2, 0) is 15.9 Å². The van der Waals surface area contributed by atoms with E-state index in [0.29, 0.717) is 6.42 Å². The molecule has 7 nitrogen and oxygen atoms in total. The van der Waals surface area contributed by atoms with Crippen LogP contribution < -0.4 is 5.84 Å². The van der Waals surface area contributed by atoms with E-state index in [0.717, 1.165) is 32.8 Å². The Morgan fingerprint density at radius 3 is 2.06 bits per heavy atom. The fourth-order valence-electron chi connectivity index (χ4n) is 4.24. The molecular weight excluding hydrogens is 420 g/mol. The van der Waals surface area contributed by atoms with Crippen molar-refractivity contribution in [2.45, 2.75) is 31.4 Å². The smallest absolute Gasteiger partial charge is 0.433 e. The second kappa shape index (κ2) is 9.85. The predicted molar refractivity (Wildman–Crippen MR) is 123 cm³/mol. The van der Waals surface area contributed by atoms with Crippen LogP contribution in [0.3, 0.4) is 0 Å². The Balaban J connectivity index is 1.38. The maximum Gasteiger partial charge on any atom is 0.517 e. The van der Waals surface area contributed by atoms with Gasteiger partial charge in [0, 0.05) is 5.92 Å². The van der Waals surface area contributed by atoms with Crippen LogP contribution in [0.1, 0.15) is 29.5 Å². The van der Waals surface area contributed by atoms with Crippen LogP contribution >= 0.6 is 0 Å². The van der Waals surface area contributed by atoms with E-state index >= 15 is 0 Å². The molecule has 170 valence electrons. The normalized spacial score (nSPS) is 14.0. The molecule has 1 aliphatic rings. The number of hydrogen-bond donors (Lipinski definition) is 2. The molecule has 2 atom stereocenters. The van der Waals surface area contributed by atoms with Gasteiger partial charge in [0.2, 0.25) is 0 Å². The molecule has 33 heavy (non-hydrogen) atoms. The number of hydrogen-bond acceptors (Lipinski definition) is 6. The third-order valence-electron chi connectivity index (χ3n) is 5.91. The fraction of sp³-hybridized carbons (Fsp3) is 0.231. The number of benzene rings is 3. The van der Waals surface area contributed by atoms with E-state index < -0.39 is 24.4 Å². The number of rotatable bonds is 6. The molecule has 0 fully saturated rings. The topological polar surface area (TPSA) is 102 Å². The Morgan fingerprint density at radius 1 is 0.939 bits per heavy atom. The molecule has 3 aromatic carbocycles. The largest absolute Gasteiger partial charge is 0.517 e. The van der Waals surface area contributed by atoms with E-state index in [1.54, 1.807) is 0 Å². The summed E-state index contributed by atoms with van der Waals surface area (Å²) >= 11 is 0. The molecule has 0 aromatic heterocycles. The number of amides is 1. The molecule has 0 saturated heterocycles. The van der Waals surface area contributed by atoms with Gasteiger partial charge in [-0.25, -0.2) is 20.4 Å². The fourth-order valence-corrected chi connectivity index (χ4v) is 4.24. The third kappa shape index (κ3) is 4.89. The average Bonchev–Trinajstić information content (AvgIpc) is 3.15. The van der Waals surface area contributed by atoms with Gasteiger partial charge >= 0.3 is 12.2 Å². The van der Waals surface area contributed by atoms with Crippen molar-refractivity contribution < 1.29 is 24.2 Å². The molecule has 0 saturated carbocycles. The van der Waals surface area contributed by atoms with Gasteiger partial charge in [-0.15, -0.1) is 0 Å². The Morgan fingerprint density at radius 2 is 1.48 bits per heavy atom. The van der Waals surface area contributed by atoms with Crippen molar-refractivity contribution in [1.82, 2.24) is 5.01 Å². The van der Waals surface area contributed by atoms with E-state index in [2.05, 4.69) is 0 Å². The maximum atomic E-state index is 12.4. The highest BCUT2D eigenvalue weighted by molar-refractivity contribution is 5.81. The third-order valence-corrected chi connectivity index (χ3v) is 5.91. The van der Waals surface area contributed by atoms with Crippen molar-refractivity contribution in [1.29, 1.82) is 0 Å². The maximum absolute atomic E-state index is 12.4. The van der Waals surface area contributed by atoms with E-state index in [4.69, 9.17) is 15.3 Å². The minimum atomic E-state index is -1.14. The second-order valence-corrected chi connectivity index (χ2v) is 8.06. The zero-order chi connectivity index (χ0) is 23.4. The number of carbonyl (C=O) groups excluding carboxylic acids is 2. The lowest BCUT2D eigenvalue weighted by atomic mass is 9.98. The number of aliphatic hydroxyl groups is 1. The number of ether oxygens (including phenoxy) is 2. The number of aliphatic hydroxyl groups excluding tert-OH is 1. The Bertz CT molecular complexity index is 1090. The summed E-state index contributed by atoms with van der Waals surface area (Å²) in [6, 6.07) is 24.4. The minimum absolute atomic E-state index is 0.0224. The molecule has 3 N–H and O–H groups in total. The average molecular weight is 447 g/mol. The quantitative estimate of drug-likeness (QED) is 0.193. The summed E-state index contributed by atoms with van der Waals surface area (Å²) in [5.41, 5.74) is 5.18. The lowest BCUT2D eigenvalue weighted by Gasteiger charge is -2.28. The molecule has 3 aromatic rings. The minimum Gasteiger partial charge on any atom is -0.433 e. The number of fused-ring (bicyclic) bond motifs is 3. The molecule has 0 bridgehead atoms. The van der Waals surface area contributed by atoms with Crippen LogP contribution in [0.15, 0.2) is 78.9 Å². The van der Waals surface area contributed by atoms with Crippen molar-refractivity contribution in [2.75, 3.05) is 6.61 Å². The highest BCUT2D eigenvalue weighted by Crippen LogP contribution is 2.44. The van der Waals surface area contributed by atoms with E-state index in [1.165, 1.54) is 6.92 Å². The number of hydrazine groups is 1. The first kappa shape index (κ1) is 22.5. The summed E-state index contributed by atoms with van der Waals surface area (Å²) in [5.74, 6) is 5.74. The van der Waals surface area contributed by atoms with Crippen LogP contribution in [0.25, 0.3) is 11.1 Å².